The highest BCUT2D eigenvalue weighted by molar-refractivity contribution is 5.82. The Bertz CT molecular complexity index is 255. The Labute approximate surface area is 104 Å². The molecule has 0 aromatic rings. The molecule has 2 N–H and O–H groups in total. The minimum Gasteiger partial charge on any atom is -0.317 e. The lowest BCUT2D eigenvalue weighted by Crippen LogP contribution is -2.53. The van der Waals surface area contributed by atoms with E-state index in [0.29, 0.717) is 0 Å². The summed E-state index contributed by atoms with van der Waals surface area (Å²) in [5.74, 6) is 0.253. The lowest BCUT2D eigenvalue weighted by atomic mass is 9.76. The second-order valence-corrected chi connectivity index (χ2v) is 5.37. The molecule has 0 aromatic carbocycles. The van der Waals surface area contributed by atoms with Crippen LogP contribution in [0.3, 0.4) is 0 Å². The monoisotopic (exact) mass is 239 g/mol. The molecule has 0 radical (unpaired) electrons. The fraction of sp³-hybridized carbons (Fsp3) is 0.923. The van der Waals surface area contributed by atoms with Crippen molar-refractivity contribution in [3.05, 3.63) is 0 Å². The Morgan fingerprint density at radius 3 is 2.47 bits per heavy atom. The van der Waals surface area contributed by atoms with E-state index in [9.17, 15) is 4.79 Å². The third kappa shape index (κ3) is 2.99. The number of nitrogens with one attached hydrogen (secondary N) is 2. The number of hydrazine groups is 1. The average molecular weight is 239 g/mol. The second-order valence-electron chi connectivity index (χ2n) is 5.37. The lowest BCUT2D eigenvalue weighted by Gasteiger charge is -2.38. The zero-order chi connectivity index (χ0) is 12.1. The van der Waals surface area contributed by atoms with Gasteiger partial charge < -0.3 is 5.32 Å². The number of amides is 1. The second kappa shape index (κ2) is 5.83. The topological polar surface area (TPSA) is 44.4 Å². The molecule has 2 saturated heterocycles. The molecule has 2 fully saturated rings. The first-order valence-electron chi connectivity index (χ1n) is 7.04. The van der Waals surface area contributed by atoms with Gasteiger partial charge in [0.05, 0.1) is 5.41 Å². The highest BCUT2D eigenvalue weighted by Crippen LogP contribution is 2.32. The van der Waals surface area contributed by atoms with Crippen molar-refractivity contribution in [2.45, 2.75) is 45.4 Å². The Morgan fingerprint density at radius 2 is 1.88 bits per heavy atom. The van der Waals surface area contributed by atoms with Crippen molar-refractivity contribution in [2.24, 2.45) is 5.41 Å². The minimum atomic E-state index is -0.122. The predicted molar refractivity (Wildman–Crippen MR) is 68.4 cm³/mol. The van der Waals surface area contributed by atoms with Gasteiger partial charge in [-0.15, -0.1) is 0 Å². The van der Waals surface area contributed by atoms with Crippen LogP contribution in [0.2, 0.25) is 0 Å². The molecule has 0 saturated carbocycles. The van der Waals surface area contributed by atoms with Gasteiger partial charge in [-0.25, -0.2) is 5.01 Å². The van der Waals surface area contributed by atoms with Crippen LogP contribution < -0.4 is 10.7 Å². The van der Waals surface area contributed by atoms with Crippen molar-refractivity contribution in [2.75, 3.05) is 26.2 Å². The zero-order valence-corrected chi connectivity index (χ0v) is 10.9. The van der Waals surface area contributed by atoms with E-state index in [4.69, 9.17) is 0 Å². The van der Waals surface area contributed by atoms with E-state index >= 15 is 0 Å². The molecule has 0 aliphatic carbocycles. The Kier molecular flexibility index (Phi) is 4.40. The van der Waals surface area contributed by atoms with Crippen molar-refractivity contribution in [1.82, 2.24) is 15.8 Å². The molecule has 0 atom stereocenters. The highest BCUT2D eigenvalue weighted by atomic mass is 16.2. The van der Waals surface area contributed by atoms with E-state index < -0.39 is 0 Å². The molecule has 0 aromatic heterocycles. The van der Waals surface area contributed by atoms with Gasteiger partial charge in [0, 0.05) is 13.1 Å². The number of hydrogen-bond acceptors (Lipinski definition) is 3. The summed E-state index contributed by atoms with van der Waals surface area (Å²) in [4.78, 5) is 12.4. The molecular weight excluding hydrogens is 214 g/mol. The molecule has 4 heteroatoms. The molecule has 1 amide bonds. The SMILES string of the molecule is CCC1(C(=O)NN2CCCCC2)CCNCC1. The molecule has 2 aliphatic heterocycles. The maximum atomic E-state index is 12.4. The van der Waals surface area contributed by atoms with Gasteiger partial charge in [0.2, 0.25) is 5.91 Å². The first kappa shape index (κ1) is 12.8. The first-order chi connectivity index (χ1) is 8.27. The van der Waals surface area contributed by atoms with Crippen molar-refractivity contribution in [1.29, 1.82) is 0 Å². The standard InChI is InChI=1S/C13H25N3O/c1-2-13(6-8-14-9-7-13)12(17)15-16-10-4-3-5-11-16/h14H,2-11H2,1H3,(H,15,17). The van der Waals surface area contributed by atoms with E-state index in [-0.39, 0.29) is 11.3 Å². The molecular formula is C13H25N3O. The summed E-state index contributed by atoms with van der Waals surface area (Å²) in [6, 6.07) is 0. The van der Waals surface area contributed by atoms with Crippen LogP contribution >= 0.6 is 0 Å². The molecule has 0 spiro atoms. The lowest BCUT2D eigenvalue weighted by molar-refractivity contribution is -0.138. The van der Waals surface area contributed by atoms with E-state index in [2.05, 4.69) is 22.7 Å². The molecule has 4 nitrogen and oxygen atoms in total. The summed E-state index contributed by atoms with van der Waals surface area (Å²) in [5.41, 5.74) is 3.02. The number of carbonyl (C=O) groups is 1. The van der Waals surface area contributed by atoms with Crippen molar-refractivity contribution >= 4 is 5.91 Å². The van der Waals surface area contributed by atoms with Crippen molar-refractivity contribution in [3.8, 4) is 0 Å². The van der Waals surface area contributed by atoms with E-state index in [1.54, 1.807) is 0 Å². The normalized spacial score (nSPS) is 25.5. The summed E-state index contributed by atoms with van der Waals surface area (Å²) in [7, 11) is 0. The minimum absolute atomic E-state index is 0.122. The van der Waals surface area contributed by atoms with Gasteiger partial charge in [0.25, 0.3) is 0 Å². The van der Waals surface area contributed by atoms with Crippen LogP contribution in [0.15, 0.2) is 0 Å². The molecule has 98 valence electrons. The first-order valence-corrected chi connectivity index (χ1v) is 7.04. The van der Waals surface area contributed by atoms with Crippen LogP contribution in [0.4, 0.5) is 0 Å². The number of rotatable bonds is 3. The van der Waals surface area contributed by atoms with Crippen LogP contribution in [0, 0.1) is 5.41 Å². The van der Waals surface area contributed by atoms with Crippen LogP contribution in [0.5, 0.6) is 0 Å². The smallest absolute Gasteiger partial charge is 0.240 e. The summed E-state index contributed by atoms with van der Waals surface area (Å²) in [6.45, 7) is 6.12. The van der Waals surface area contributed by atoms with Crippen LogP contribution in [0.25, 0.3) is 0 Å². The fourth-order valence-corrected chi connectivity index (χ4v) is 2.91. The number of carbonyl (C=O) groups excluding carboxylic acids is 1. The molecule has 2 rings (SSSR count). The molecule has 0 unspecified atom stereocenters. The van der Waals surface area contributed by atoms with Gasteiger partial charge >= 0.3 is 0 Å². The van der Waals surface area contributed by atoms with Crippen LogP contribution in [-0.2, 0) is 4.79 Å². The maximum Gasteiger partial charge on any atom is 0.240 e. The Hall–Kier alpha value is -0.610. The summed E-state index contributed by atoms with van der Waals surface area (Å²) >= 11 is 0. The number of nitrogens with zero attached hydrogens (tertiary/aromatic N) is 1. The molecule has 2 aliphatic rings. The van der Waals surface area contributed by atoms with E-state index in [1.165, 1.54) is 19.3 Å². The third-order valence-electron chi connectivity index (χ3n) is 4.33. The molecule has 2 heterocycles. The van der Waals surface area contributed by atoms with Gasteiger partial charge in [0.1, 0.15) is 0 Å². The average Bonchev–Trinajstić information content (AvgIpc) is 2.40. The maximum absolute atomic E-state index is 12.4. The largest absolute Gasteiger partial charge is 0.317 e. The summed E-state index contributed by atoms with van der Waals surface area (Å²) in [5, 5.41) is 5.46. The fourth-order valence-electron chi connectivity index (χ4n) is 2.91. The van der Waals surface area contributed by atoms with Crippen LogP contribution in [-0.4, -0.2) is 37.1 Å². The van der Waals surface area contributed by atoms with Crippen molar-refractivity contribution in [3.63, 3.8) is 0 Å². The number of piperidine rings is 2. The third-order valence-corrected chi connectivity index (χ3v) is 4.33. The number of hydrogen-bond donors (Lipinski definition) is 2. The Balaban J connectivity index is 1.91. The highest BCUT2D eigenvalue weighted by Gasteiger charge is 2.38. The van der Waals surface area contributed by atoms with E-state index in [0.717, 1.165) is 45.4 Å². The van der Waals surface area contributed by atoms with Crippen molar-refractivity contribution < 1.29 is 4.79 Å². The zero-order valence-electron chi connectivity index (χ0n) is 10.9. The van der Waals surface area contributed by atoms with Gasteiger partial charge in [-0.1, -0.05) is 13.3 Å². The summed E-state index contributed by atoms with van der Waals surface area (Å²) < 4.78 is 0. The quantitative estimate of drug-likeness (QED) is 0.780. The van der Waals surface area contributed by atoms with Gasteiger partial charge in [0.15, 0.2) is 0 Å². The Morgan fingerprint density at radius 1 is 1.24 bits per heavy atom. The predicted octanol–water partition coefficient (Wildman–Crippen LogP) is 1.28. The van der Waals surface area contributed by atoms with Gasteiger partial charge in [-0.3, -0.25) is 10.2 Å². The van der Waals surface area contributed by atoms with Crippen LogP contribution in [0.1, 0.15) is 45.4 Å². The summed E-state index contributed by atoms with van der Waals surface area (Å²) in [6.07, 6.45) is 6.62. The van der Waals surface area contributed by atoms with Gasteiger partial charge in [-0.05, 0) is 45.2 Å². The molecule has 17 heavy (non-hydrogen) atoms. The van der Waals surface area contributed by atoms with Gasteiger partial charge in [-0.2, -0.15) is 0 Å². The molecule has 0 bridgehead atoms. The van der Waals surface area contributed by atoms with E-state index in [1.807, 2.05) is 0 Å².